The number of fused-ring (bicyclic) bond motifs is 2. The Bertz CT molecular complexity index is 2680. The molecule has 0 bridgehead atoms. The minimum absolute atomic E-state index is 0.182. The third-order valence-corrected chi connectivity index (χ3v) is 10.5. The Balaban J connectivity index is 0.994. The number of ketones is 4. The minimum atomic E-state index is -0.334. The van der Waals surface area contributed by atoms with Crippen LogP contribution in [0.2, 0.25) is 0 Å². The lowest BCUT2D eigenvalue weighted by Gasteiger charge is -2.24. The summed E-state index contributed by atoms with van der Waals surface area (Å²) in [5.74, 6) is -1.03. The van der Waals surface area contributed by atoms with Crippen molar-refractivity contribution in [3.63, 3.8) is 0 Å². The molecule has 0 atom stereocenters. The minimum Gasteiger partial charge on any atom is -0.354 e. The van der Waals surface area contributed by atoms with E-state index in [4.69, 9.17) is 0 Å². The molecular weight excluding hydrogens is 717 g/mol. The second-order valence-electron chi connectivity index (χ2n) is 14.0. The van der Waals surface area contributed by atoms with E-state index in [1.165, 1.54) is 0 Å². The van der Waals surface area contributed by atoms with Crippen LogP contribution in [0.5, 0.6) is 0 Å². The predicted octanol–water partition coefficient (Wildman–Crippen LogP) is 11.7. The predicted molar refractivity (Wildman–Crippen MR) is 230 cm³/mol. The molecule has 9 rings (SSSR count). The summed E-state index contributed by atoms with van der Waals surface area (Å²) in [4.78, 5) is 56.6. The number of hydrogen-bond donors (Lipinski definition) is 2. The monoisotopic (exact) mass is 750 g/mol. The molecule has 0 aromatic heterocycles. The van der Waals surface area contributed by atoms with Gasteiger partial charge in [-0.15, -0.1) is 0 Å². The zero-order valence-corrected chi connectivity index (χ0v) is 31.1. The highest BCUT2D eigenvalue weighted by Crippen LogP contribution is 2.38. The van der Waals surface area contributed by atoms with E-state index >= 15 is 0 Å². The molecule has 1 aliphatic carbocycles. The van der Waals surface area contributed by atoms with Gasteiger partial charge in [0.15, 0.2) is 23.1 Å². The van der Waals surface area contributed by atoms with E-state index in [9.17, 15) is 19.2 Å². The smallest absolute Gasteiger partial charge is 0.196 e. The first-order valence-corrected chi connectivity index (χ1v) is 18.9. The van der Waals surface area contributed by atoms with Crippen LogP contribution < -0.4 is 10.6 Å². The largest absolute Gasteiger partial charge is 0.354 e. The van der Waals surface area contributed by atoms with E-state index in [0.717, 1.165) is 22.3 Å². The van der Waals surface area contributed by atoms with E-state index < -0.39 is 0 Å². The fourth-order valence-corrected chi connectivity index (χ4v) is 7.52. The molecule has 0 unspecified atom stereocenters. The highest BCUT2D eigenvalue weighted by Gasteiger charge is 2.34. The van der Waals surface area contributed by atoms with Crippen LogP contribution in [0.15, 0.2) is 194 Å². The van der Waals surface area contributed by atoms with Crippen molar-refractivity contribution < 1.29 is 19.2 Å². The van der Waals surface area contributed by atoms with Crippen molar-refractivity contribution in [3.05, 3.63) is 239 Å². The fraction of sp³-hybridized carbons (Fsp3) is 0. The summed E-state index contributed by atoms with van der Waals surface area (Å²) in [6.45, 7) is 0. The Morgan fingerprint density at radius 3 is 1.03 bits per heavy atom. The maximum absolute atomic E-state index is 14.4. The van der Waals surface area contributed by atoms with Gasteiger partial charge >= 0.3 is 0 Å². The number of rotatable bonds is 10. The number of carbonyl (C=O) groups excluding carboxylic acids is 4. The average Bonchev–Trinajstić information content (AvgIpc) is 3.29. The molecule has 2 N–H and O–H groups in total. The first kappa shape index (κ1) is 35.7. The summed E-state index contributed by atoms with van der Waals surface area (Å²) >= 11 is 0. The van der Waals surface area contributed by atoms with E-state index in [1.54, 1.807) is 72.8 Å². The summed E-state index contributed by atoms with van der Waals surface area (Å²) in [6.07, 6.45) is 0. The van der Waals surface area contributed by atoms with Crippen molar-refractivity contribution in [2.75, 3.05) is 10.6 Å². The zero-order valence-electron chi connectivity index (χ0n) is 31.1. The highest BCUT2D eigenvalue weighted by molar-refractivity contribution is 6.32. The molecule has 0 radical (unpaired) electrons. The van der Waals surface area contributed by atoms with Crippen LogP contribution in [0.25, 0.3) is 22.3 Å². The fourth-order valence-electron chi connectivity index (χ4n) is 7.52. The molecule has 6 nitrogen and oxygen atoms in total. The van der Waals surface area contributed by atoms with Gasteiger partial charge in [-0.2, -0.15) is 0 Å². The van der Waals surface area contributed by atoms with E-state index in [-0.39, 0.29) is 45.4 Å². The van der Waals surface area contributed by atoms with Crippen molar-refractivity contribution in [3.8, 4) is 22.3 Å². The molecule has 0 heterocycles. The average molecular weight is 751 g/mol. The maximum Gasteiger partial charge on any atom is 0.196 e. The number of carbonyl (C=O) groups is 4. The third kappa shape index (κ3) is 6.69. The van der Waals surface area contributed by atoms with E-state index in [2.05, 4.69) is 10.6 Å². The first-order chi connectivity index (χ1) is 28.4. The van der Waals surface area contributed by atoms with Gasteiger partial charge in [-0.1, -0.05) is 158 Å². The lowest BCUT2D eigenvalue weighted by atomic mass is 9.82. The Hall–Kier alpha value is -7.96. The van der Waals surface area contributed by atoms with Gasteiger partial charge in [0.1, 0.15) is 0 Å². The van der Waals surface area contributed by atoms with Crippen LogP contribution >= 0.6 is 0 Å². The summed E-state index contributed by atoms with van der Waals surface area (Å²) in [5.41, 5.74) is 8.77. The van der Waals surface area contributed by atoms with Gasteiger partial charge in [0.05, 0.1) is 22.5 Å². The third-order valence-electron chi connectivity index (χ3n) is 10.5. The SMILES string of the molecule is O=C(c1ccc(-c2ccccc2)cc1)c1ccccc1Nc1cccc2c1C(=O)c1cccc(Nc3ccccc3C(=O)c3ccc(-c4ccccc4)cc3)c1C2=O. The van der Waals surface area contributed by atoms with Crippen LogP contribution in [-0.2, 0) is 0 Å². The van der Waals surface area contributed by atoms with Gasteiger partial charge in [-0.25, -0.2) is 0 Å². The summed E-state index contributed by atoms with van der Waals surface area (Å²) in [6, 6.07) is 59.4. The molecule has 6 heteroatoms. The Kier molecular flexibility index (Phi) is 9.42. The number of anilines is 4. The lowest BCUT2D eigenvalue weighted by Crippen LogP contribution is -2.23. The van der Waals surface area contributed by atoms with Crippen LogP contribution in [0.3, 0.4) is 0 Å². The van der Waals surface area contributed by atoms with Gasteiger partial charge < -0.3 is 10.6 Å². The number of hydrogen-bond acceptors (Lipinski definition) is 6. The molecule has 0 amide bonds. The second kappa shape index (κ2) is 15.3. The zero-order chi connectivity index (χ0) is 39.6. The van der Waals surface area contributed by atoms with Gasteiger partial charge in [0.25, 0.3) is 0 Å². The number of benzene rings is 8. The maximum atomic E-state index is 14.4. The van der Waals surface area contributed by atoms with E-state index in [1.807, 2.05) is 121 Å². The quantitative estimate of drug-likeness (QED) is 0.135. The van der Waals surface area contributed by atoms with Gasteiger partial charge in [-0.05, 0) is 58.7 Å². The first-order valence-electron chi connectivity index (χ1n) is 18.9. The highest BCUT2D eigenvalue weighted by atomic mass is 16.1. The van der Waals surface area contributed by atoms with Crippen molar-refractivity contribution in [2.45, 2.75) is 0 Å². The number of nitrogens with one attached hydrogen (secondary N) is 2. The van der Waals surface area contributed by atoms with Crippen molar-refractivity contribution >= 4 is 45.9 Å². The van der Waals surface area contributed by atoms with Gasteiger partial charge in [0.2, 0.25) is 0 Å². The molecule has 0 spiro atoms. The van der Waals surface area contributed by atoms with Crippen LogP contribution in [-0.4, -0.2) is 23.1 Å². The van der Waals surface area contributed by atoms with Crippen molar-refractivity contribution in [2.24, 2.45) is 0 Å². The van der Waals surface area contributed by atoms with Crippen molar-refractivity contribution in [1.82, 2.24) is 0 Å². The molecule has 0 fully saturated rings. The number of para-hydroxylation sites is 2. The molecule has 0 aliphatic heterocycles. The Labute approximate surface area is 335 Å². The van der Waals surface area contributed by atoms with E-state index in [0.29, 0.717) is 45.0 Å². The van der Waals surface area contributed by atoms with Crippen LogP contribution in [0.1, 0.15) is 63.7 Å². The lowest BCUT2D eigenvalue weighted by molar-refractivity contribution is 0.0980. The molecule has 8 aromatic rings. The van der Waals surface area contributed by atoms with Crippen LogP contribution in [0, 0.1) is 0 Å². The second-order valence-corrected chi connectivity index (χ2v) is 14.0. The normalized spacial score (nSPS) is 11.7. The Morgan fingerprint density at radius 1 is 0.310 bits per heavy atom. The standard InChI is InChI=1S/C52H34N2O4/c55-49(37-29-25-35(26-30-37)33-13-3-1-4-14-33)39-17-7-9-21-43(39)53-45-23-11-19-41-47(45)51(57)42-20-12-24-46(48(42)52(41)58)54-44-22-10-8-18-40(44)50(56)38-31-27-36(28-32-38)34-15-5-2-6-16-34/h1-32,53-54H. The van der Waals surface area contributed by atoms with Gasteiger partial charge in [0, 0.05) is 44.8 Å². The topological polar surface area (TPSA) is 92.3 Å². The van der Waals surface area contributed by atoms with Crippen LogP contribution in [0.4, 0.5) is 22.7 Å². The summed E-state index contributed by atoms with van der Waals surface area (Å²) in [7, 11) is 0. The van der Waals surface area contributed by atoms with Crippen molar-refractivity contribution in [1.29, 1.82) is 0 Å². The molecule has 0 saturated carbocycles. The Morgan fingerprint density at radius 2 is 0.638 bits per heavy atom. The summed E-state index contributed by atoms with van der Waals surface area (Å²) in [5, 5.41) is 6.65. The summed E-state index contributed by atoms with van der Waals surface area (Å²) < 4.78 is 0. The molecule has 276 valence electrons. The molecule has 8 aromatic carbocycles. The van der Waals surface area contributed by atoms with Gasteiger partial charge in [-0.3, -0.25) is 19.2 Å². The molecule has 58 heavy (non-hydrogen) atoms. The molecule has 0 saturated heterocycles. The molecule has 1 aliphatic rings. The molecular formula is C52H34N2O4.